The lowest BCUT2D eigenvalue weighted by Gasteiger charge is -2.10. The van der Waals surface area contributed by atoms with Crippen LogP contribution in [-0.2, 0) is 11.3 Å². The average Bonchev–Trinajstić information content (AvgIpc) is 3.13. The molecule has 1 unspecified atom stereocenters. The number of hydrogen-bond donors (Lipinski definition) is 1. The summed E-state index contributed by atoms with van der Waals surface area (Å²) in [5, 5.41) is 2.81. The van der Waals surface area contributed by atoms with E-state index in [9.17, 15) is 4.79 Å². The maximum atomic E-state index is 11.9. The summed E-state index contributed by atoms with van der Waals surface area (Å²) in [5.41, 5.74) is 4.76. The molecule has 0 spiro atoms. The van der Waals surface area contributed by atoms with Gasteiger partial charge in [-0.05, 0) is 43.2 Å². The van der Waals surface area contributed by atoms with E-state index in [2.05, 4.69) is 17.4 Å². The fourth-order valence-corrected chi connectivity index (χ4v) is 3.30. The maximum Gasteiger partial charge on any atom is 0.329 e. The molecule has 0 saturated carbocycles. The molecule has 0 aliphatic heterocycles. The second-order valence-electron chi connectivity index (χ2n) is 7.10. The first-order valence-corrected chi connectivity index (χ1v) is 10.2. The summed E-state index contributed by atoms with van der Waals surface area (Å²) in [6.07, 6.45) is 1.99. The number of rotatable bonds is 6. The number of pyridine rings is 1. The Labute approximate surface area is 180 Å². The first kappa shape index (κ1) is 20.0. The van der Waals surface area contributed by atoms with Crippen LogP contribution in [0.3, 0.4) is 0 Å². The van der Waals surface area contributed by atoms with Crippen molar-refractivity contribution in [1.29, 1.82) is 0 Å². The molecule has 0 aliphatic rings. The summed E-state index contributed by atoms with van der Waals surface area (Å²) < 4.78 is 7.43. The zero-order valence-corrected chi connectivity index (χ0v) is 17.6. The largest absolute Gasteiger partial charge is 0.425 e. The summed E-state index contributed by atoms with van der Waals surface area (Å²) in [7, 11) is 0. The van der Waals surface area contributed by atoms with E-state index in [1.165, 1.54) is 5.56 Å². The second-order valence-corrected chi connectivity index (χ2v) is 7.75. The summed E-state index contributed by atoms with van der Waals surface area (Å²) >= 11 is 5.83. The molecule has 6 heteroatoms. The number of ether oxygens (including phenoxy) is 1. The van der Waals surface area contributed by atoms with Gasteiger partial charge in [0.25, 0.3) is 0 Å². The Morgan fingerprint density at radius 3 is 2.70 bits per heavy atom. The van der Waals surface area contributed by atoms with Gasteiger partial charge in [0.2, 0.25) is 0 Å². The predicted molar refractivity (Wildman–Crippen MR) is 120 cm³/mol. The molecule has 0 amide bonds. The van der Waals surface area contributed by atoms with Crippen molar-refractivity contribution in [3.05, 3.63) is 84.1 Å². The van der Waals surface area contributed by atoms with Gasteiger partial charge in [-0.15, -0.1) is 11.6 Å². The minimum Gasteiger partial charge on any atom is -0.425 e. The van der Waals surface area contributed by atoms with Gasteiger partial charge < -0.3 is 10.1 Å². The fraction of sp³-hybridized carbons (Fsp3) is 0.167. The molecule has 30 heavy (non-hydrogen) atoms. The topological polar surface area (TPSA) is 55.6 Å². The van der Waals surface area contributed by atoms with Crippen molar-refractivity contribution in [3.8, 4) is 17.0 Å². The number of carbonyl (C=O) groups is 1. The van der Waals surface area contributed by atoms with E-state index in [1.807, 2.05) is 66.1 Å². The molecule has 5 nitrogen and oxygen atoms in total. The van der Waals surface area contributed by atoms with Crippen LogP contribution in [0.4, 0.5) is 5.82 Å². The molecule has 1 atom stereocenters. The third-order valence-electron chi connectivity index (χ3n) is 4.80. The highest BCUT2D eigenvalue weighted by Crippen LogP contribution is 2.32. The van der Waals surface area contributed by atoms with Crippen molar-refractivity contribution in [2.45, 2.75) is 25.8 Å². The van der Waals surface area contributed by atoms with E-state index in [0.29, 0.717) is 12.3 Å². The van der Waals surface area contributed by atoms with Gasteiger partial charge in [-0.3, -0.25) is 9.20 Å². The van der Waals surface area contributed by atoms with Crippen molar-refractivity contribution in [2.24, 2.45) is 0 Å². The molecule has 0 aliphatic carbocycles. The van der Waals surface area contributed by atoms with Crippen LogP contribution in [0.15, 0.2) is 72.9 Å². The zero-order chi connectivity index (χ0) is 21.1. The molecule has 0 bridgehead atoms. The number of alkyl halides is 1. The van der Waals surface area contributed by atoms with Gasteiger partial charge >= 0.3 is 5.97 Å². The number of aromatic nitrogens is 2. The lowest BCUT2D eigenvalue weighted by molar-refractivity contribution is -0.133. The number of anilines is 1. The fourth-order valence-electron chi connectivity index (χ4n) is 3.26. The Balaban J connectivity index is 1.75. The molecule has 0 saturated heterocycles. The maximum absolute atomic E-state index is 11.9. The SMILES string of the molecule is Cc1cccn2c(NCc3ccccc3)c(-c3cccc(OC(=O)C(C)Cl)c3)nc12. The molecule has 2 aromatic carbocycles. The van der Waals surface area contributed by atoms with Crippen molar-refractivity contribution < 1.29 is 9.53 Å². The highest BCUT2D eigenvalue weighted by molar-refractivity contribution is 6.29. The molecule has 0 fully saturated rings. The van der Waals surface area contributed by atoms with Crippen LogP contribution in [0.1, 0.15) is 18.1 Å². The molecule has 4 rings (SSSR count). The monoisotopic (exact) mass is 419 g/mol. The Hall–Kier alpha value is -3.31. The van der Waals surface area contributed by atoms with Crippen molar-refractivity contribution in [1.82, 2.24) is 9.38 Å². The lowest BCUT2D eigenvalue weighted by Crippen LogP contribution is -2.17. The molecule has 1 N–H and O–H groups in total. The molecule has 2 heterocycles. The Morgan fingerprint density at radius 2 is 1.93 bits per heavy atom. The predicted octanol–water partition coefficient (Wildman–Crippen LogP) is 5.45. The number of imidazole rings is 1. The van der Waals surface area contributed by atoms with Gasteiger partial charge in [-0.25, -0.2) is 4.98 Å². The number of aryl methyl sites for hydroxylation is 1. The normalized spacial score (nSPS) is 12.0. The number of nitrogens with zero attached hydrogens (tertiary/aromatic N) is 2. The van der Waals surface area contributed by atoms with Gasteiger partial charge in [-0.1, -0.05) is 48.5 Å². The first-order valence-electron chi connectivity index (χ1n) is 9.74. The highest BCUT2D eigenvalue weighted by Gasteiger charge is 2.17. The van der Waals surface area contributed by atoms with Crippen molar-refractivity contribution >= 4 is 29.0 Å². The van der Waals surface area contributed by atoms with Gasteiger partial charge in [0, 0.05) is 18.3 Å². The highest BCUT2D eigenvalue weighted by atomic mass is 35.5. The third-order valence-corrected chi connectivity index (χ3v) is 4.98. The molecule has 0 radical (unpaired) electrons. The van der Waals surface area contributed by atoms with E-state index >= 15 is 0 Å². The minimum absolute atomic E-state index is 0.438. The average molecular weight is 420 g/mol. The van der Waals surface area contributed by atoms with Crippen LogP contribution in [0.5, 0.6) is 5.75 Å². The smallest absolute Gasteiger partial charge is 0.329 e. The Bertz CT molecular complexity index is 1190. The zero-order valence-electron chi connectivity index (χ0n) is 16.8. The number of benzene rings is 2. The standard InChI is InChI=1S/C24H22ClN3O2/c1-16-8-7-13-28-22(16)27-21(23(28)26-15-18-9-4-3-5-10-18)19-11-6-12-20(14-19)30-24(29)17(2)25/h3-14,17,26H,15H2,1-2H3. The van der Waals surface area contributed by atoms with Crippen LogP contribution in [0.2, 0.25) is 0 Å². The van der Waals surface area contributed by atoms with Crippen LogP contribution in [-0.4, -0.2) is 20.7 Å². The van der Waals surface area contributed by atoms with Crippen molar-refractivity contribution in [2.75, 3.05) is 5.32 Å². The van der Waals surface area contributed by atoms with Crippen LogP contribution < -0.4 is 10.1 Å². The van der Waals surface area contributed by atoms with Crippen LogP contribution in [0, 0.1) is 6.92 Å². The molecular formula is C24H22ClN3O2. The van der Waals surface area contributed by atoms with E-state index in [4.69, 9.17) is 21.3 Å². The van der Waals surface area contributed by atoms with Gasteiger partial charge in [0.05, 0.1) is 0 Å². The number of carbonyl (C=O) groups excluding carboxylic acids is 1. The summed E-state index contributed by atoms with van der Waals surface area (Å²) in [5.74, 6) is 0.835. The second kappa shape index (κ2) is 8.59. The Morgan fingerprint density at radius 1 is 1.13 bits per heavy atom. The first-order chi connectivity index (χ1) is 14.5. The number of halogens is 1. The van der Waals surface area contributed by atoms with Crippen molar-refractivity contribution in [3.63, 3.8) is 0 Å². The van der Waals surface area contributed by atoms with Crippen LogP contribution >= 0.6 is 11.6 Å². The van der Waals surface area contributed by atoms with E-state index in [-0.39, 0.29) is 0 Å². The van der Waals surface area contributed by atoms with Gasteiger partial charge in [-0.2, -0.15) is 0 Å². The molecule has 2 aromatic heterocycles. The van der Waals surface area contributed by atoms with Gasteiger partial charge in [0.15, 0.2) is 0 Å². The summed E-state index contributed by atoms with van der Waals surface area (Å²) in [6.45, 7) is 4.28. The molecular weight excluding hydrogens is 398 g/mol. The van der Waals surface area contributed by atoms with Gasteiger partial charge in [0.1, 0.15) is 28.3 Å². The molecule has 4 aromatic rings. The minimum atomic E-state index is -0.713. The Kier molecular flexibility index (Phi) is 5.72. The molecule has 152 valence electrons. The number of esters is 1. The lowest BCUT2D eigenvalue weighted by atomic mass is 10.1. The van der Waals surface area contributed by atoms with E-state index in [0.717, 1.165) is 28.3 Å². The summed E-state index contributed by atoms with van der Waals surface area (Å²) in [4.78, 5) is 16.8. The quantitative estimate of drug-likeness (QED) is 0.256. The number of fused-ring (bicyclic) bond motifs is 1. The number of hydrogen-bond acceptors (Lipinski definition) is 4. The van der Waals surface area contributed by atoms with Crippen LogP contribution in [0.25, 0.3) is 16.9 Å². The van der Waals surface area contributed by atoms with E-state index < -0.39 is 11.3 Å². The number of nitrogens with one attached hydrogen (secondary N) is 1. The summed E-state index contributed by atoms with van der Waals surface area (Å²) in [6, 6.07) is 21.6. The third kappa shape index (κ3) is 4.16. The van der Waals surface area contributed by atoms with E-state index in [1.54, 1.807) is 13.0 Å².